The Morgan fingerprint density at radius 2 is 0.892 bits per heavy atom. The van der Waals surface area contributed by atoms with Crippen LogP contribution in [0.4, 0.5) is 5.69 Å². The van der Waals surface area contributed by atoms with Crippen LogP contribution in [0.2, 0.25) is 0 Å². The summed E-state index contributed by atoms with van der Waals surface area (Å²) in [7, 11) is -2.71. The van der Waals surface area contributed by atoms with Gasteiger partial charge in [0.25, 0.3) is 5.56 Å². The summed E-state index contributed by atoms with van der Waals surface area (Å²) in [6, 6.07) is 57.4. The topological polar surface area (TPSA) is 173 Å². The van der Waals surface area contributed by atoms with Gasteiger partial charge in [-0.3, -0.25) is 19.0 Å². The summed E-state index contributed by atoms with van der Waals surface area (Å²) in [5.74, 6) is 1.31. The van der Waals surface area contributed by atoms with Gasteiger partial charge in [-0.1, -0.05) is 176 Å². The van der Waals surface area contributed by atoms with Gasteiger partial charge >= 0.3 is 14.2 Å². The van der Waals surface area contributed by atoms with E-state index < -0.39 is 14.2 Å². The average molecular weight is 861 g/mol. The summed E-state index contributed by atoms with van der Waals surface area (Å²) in [6.07, 6.45) is 14.6. The maximum atomic E-state index is 12.0. The normalized spacial score (nSPS) is 10.1. The van der Waals surface area contributed by atoms with E-state index in [-0.39, 0.29) is 16.7 Å². The molecule has 8 rings (SSSR count). The molecule has 0 saturated heterocycles. The lowest BCUT2D eigenvalue weighted by Gasteiger charge is -2.06. The molecular formula is C52H46B2N4O7. The number of hydrogen-bond donors (Lipinski definition) is 6. The molecule has 8 aromatic rings. The van der Waals surface area contributed by atoms with Gasteiger partial charge in [-0.05, 0) is 69.7 Å². The molecule has 0 amide bonds. The summed E-state index contributed by atoms with van der Waals surface area (Å²) >= 11 is 0. The number of rotatable bonds is 8. The van der Waals surface area contributed by atoms with Crippen LogP contribution in [0, 0.1) is 6.57 Å². The van der Waals surface area contributed by atoms with Crippen molar-refractivity contribution in [3.05, 3.63) is 283 Å². The number of hydrogen-bond acceptors (Lipinski definition) is 7. The van der Waals surface area contributed by atoms with E-state index in [2.05, 4.69) is 14.8 Å². The maximum absolute atomic E-state index is 12.0. The van der Waals surface area contributed by atoms with E-state index in [1.165, 1.54) is 30.4 Å². The molecule has 0 spiro atoms. The van der Waals surface area contributed by atoms with Crippen LogP contribution in [0.1, 0.15) is 27.8 Å². The number of para-hydroxylation sites is 1. The monoisotopic (exact) mass is 860 g/mol. The van der Waals surface area contributed by atoms with Crippen LogP contribution in [-0.4, -0.2) is 48.9 Å². The molecule has 5 aromatic carbocycles. The predicted octanol–water partition coefficient (Wildman–Crippen LogP) is 7.56. The van der Waals surface area contributed by atoms with Crippen LogP contribution in [0.15, 0.2) is 227 Å². The molecule has 65 heavy (non-hydrogen) atoms. The zero-order valence-electron chi connectivity index (χ0n) is 35.2. The number of H-pyrrole nitrogens is 2. The van der Waals surface area contributed by atoms with Crippen molar-refractivity contribution in [1.82, 2.24) is 14.5 Å². The lowest BCUT2D eigenvalue weighted by molar-refractivity contribution is 0.423. The van der Waals surface area contributed by atoms with Gasteiger partial charge in [-0.15, -0.1) is 0 Å². The lowest BCUT2D eigenvalue weighted by Crippen LogP contribution is -2.29. The standard InChI is InChI=1S/C19H15NO.C13H11NO.C8H9BO2.C6H7BO2.C6H4N2O/c21-19-14-13-17(12-11-16-7-3-1-4-8-16)15-20(19)18-9-5-2-6-10-18;15-13-9-8-12(10-14-13)7-6-11-4-2-1-3-5-11;10-9(11)7-6-8-4-2-1-3-5-8;8-7(9)6-4-2-1-3-5-6;1-7-5-2-3-6(9)8-4-5/h1-15H;1-10H,(H,14,15);1-7,10-11H;1-5,8-9H;2-4H,(H,8,9)/b12-11+;2*7-6+;;. The second-order valence-corrected chi connectivity index (χ2v) is 13.5. The summed E-state index contributed by atoms with van der Waals surface area (Å²) in [5.41, 5.74) is 6.77. The molecule has 3 aromatic heterocycles. The highest BCUT2D eigenvalue weighted by Crippen LogP contribution is 2.10. The molecule has 0 fully saturated rings. The first-order valence-corrected chi connectivity index (χ1v) is 20.1. The molecule has 6 N–H and O–H groups in total. The van der Waals surface area contributed by atoms with Crippen molar-refractivity contribution in [2.75, 3.05) is 0 Å². The lowest BCUT2D eigenvalue weighted by atomic mass is 9.81. The van der Waals surface area contributed by atoms with Crippen LogP contribution in [0.25, 0.3) is 40.9 Å². The Hall–Kier alpha value is -8.37. The smallest absolute Gasteiger partial charge is 0.424 e. The second-order valence-electron chi connectivity index (χ2n) is 13.5. The number of nitrogens with one attached hydrogen (secondary N) is 2. The van der Waals surface area contributed by atoms with Crippen LogP contribution >= 0.6 is 0 Å². The van der Waals surface area contributed by atoms with E-state index >= 15 is 0 Å². The molecule has 0 saturated carbocycles. The van der Waals surface area contributed by atoms with Gasteiger partial charge < -0.3 is 30.1 Å². The third kappa shape index (κ3) is 19.9. The molecule has 11 nitrogen and oxygen atoms in total. The Kier molecular flexibility index (Phi) is 21.4. The maximum Gasteiger partial charge on any atom is 0.488 e. The Bertz CT molecular complexity index is 2860. The molecule has 0 aliphatic rings. The molecule has 0 atom stereocenters. The Morgan fingerprint density at radius 3 is 1.32 bits per heavy atom. The van der Waals surface area contributed by atoms with Crippen LogP contribution < -0.4 is 22.1 Å². The highest BCUT2D eigenvalue weighted by Gasteiger charge is 2.07. The summed E-state index contributed by atoms with van der Waals surface area (Å²) in [4.78, 5) is 41.3. The highest BCUT2D eigenvalue weighted by atomic mass is 16.4. The van der Waals surface area contributed by atoms with Crippen molar-refractivity contribution < 1.29 is 20.1 Å². The third-order valence-electron chi connectivity index (χ3n) is 8.57. The Labute approximate surface area is 377 Å². The molecule has 0 radical (unpaired) electrons. The Balaban J connectivity index is 0.000000186. The zero-order chi connectivity index (χ0) is 46.5. The van der Waals surface area contributed by atoms with Gasteiger partial charge in [0.15, 0.2) is 0 Å². The van der Waals surface area contributed by atoms with Crippen molar-refractivity contribution in [3.63, 3.8) is 0 Å². The van der Waals surface area contributed by atoms with Crippen molar-refractivity contribution >= 4 is 55.8 Å². The molecule has 0 aliphatic carbocycles. The van der Waals surface area contributed by atoms with E-state index in [0.717, 1.165) is 33.5 Å². The quantitative estimate of drug-likeness (QED) is 0.0676. The highest BCUT2D eigenvalue weighted by molar-refractivity contribution is 6.58. The van der Waals surface area contributed by atoms with Crippen molar-refractivity contribution in [2.24, 2.45) is 0 Å². The summed E-state index contributed by atoms with van der Waals surface area (Å²) in [6.45, 7) is 6.52. The van der Waals surface area contributed by atoms with Crippen LogP contribution in [-0.2, 0) is 0 Å². The molecule has 0 aliphatic heterocycles. The van der Waals surface area contributed by atoms with E-state index in [4.69, 9.17) is 26.7 Å². The largest absolute Gasteiger partial charge is 0.488 e. The van der Waals surface area contributed by atoms with Crippen molar-refractivity contribution in [2.45, 2.75) is 0 Å². The minimum Gasteiger partial charge on any atom is -0.424 e. The van der Waals surface area contributed by atoms with Crippen molar-refractivity contribution in [3.8, 4) is 5.69 Å². The minimum absolute atomic E-state index is 0.0296. The molecule has 0 unspecified atom stereocenters. The number of benzene rings is 5. The van der Waals surface area contributed by atoms with Gasteiger partial charge in [-0.2, -0.15) is 0 Å². The first-order valence-electron chi connectivity index (χ1n) is 20.1. The van der Waals surface area contributed by atoms with Crippen molar-refractivity contribution in [1.29, 1.82) is 0 Å². The third-order valence-corrected chi connectivity index (χ3v) is 8.57. The van der Waals surface area contributed by atoms with E-state index in [1.807, 2.05) is 164 Å². The first-order chi connectivity index (χ1) is 31.6. The fourth-order valence-electron chi connectivity index (χ4n) is 5.29. The van der Waals surface area contributed by atoms with Gasteiger partial charge in [0, 0.05) is 36.4 Å². The SMILES string of the molecule is O=c1ccc(/C=C/c2ccccc2)c[nH]1.O=c1ccc(/C=C/c2ccccc2)cn1-c1ccccc1.OB(O)/C=C/c1ccccc1.OB(O)c1ccccc1.[C-]#[N+]c1ccc(=O)[nH]c1. The number of aromatic nitrogens is 3. The predicted molar refractivity (Wildman–Crippen MR) is 265 cm³/mol. The average Bonchev–Trinajstić information content (AvgIpc) is 3.35. The molecule has 13 heteroatoms. The van der Waals surface area contributed by atoms with E-state index in [9.17, 15) is 14.4 Å². The van der Waals surface area contributed by atoms with Crippen LogP contribution in [0.5, 0.6) is 0 Å². The fraction of sp³-hybridized carbons (Fsp3) is 0. The minimum atomic E-state index is -1.37. The molecule has 3 heterocycles. The summed E-state index contributed by atoms with van der Waals surface area (Å²) < 4.78 is 1.66. The van der Waals surface area contributed by atoms with Gasteiger partial charge in [0.05, 0.1) is 6.57 Å². The molecule has 0 bridgehead atoms. The number of pyridine rings is 3. The number of aromatic amines is 2. The van der Waals surface area contributed by atoms with Gasteiger partial charge in [0.2, 0.25) is 16.8 Å². The van der Waals surface area contributed by atoms with E-state index in [1.54, 1.807) is 53.2 Å². The zero-order valence-corrected chi connectivity index (χ0v) is 35.2. The summed E-state index contributed by atoms with van der Waals surface area (Å²) in [5, 5.41) is 34.1. The first kappa shape index (κ1) is 49.3. The second kappa shape index (κ2) is 28.3. The van der Waals surface area contributed by atoms with Gasteiger partial charge in [-0.25, -0.2) is 4.85 Å². The van der Waals surface area contributed by atoms with E-state index in [0.29, 0.717) is 11.2 Å². The number of nitrogens with zero attached hydrogens (tertiary/aromatic N) is 2. The Morgan fingerprint density at radius 1 is 0.462 bits per heavy atom. The van der Waals surface area contributed by atoms with Crippen LogP contribution in [0.3, 0.4) is 0 Å². The fourth-order valence-corrected chi connectivity index (χ4v) is 5.29. The van der Waals surface area contributed by atoms with Gasteiger partial charge in [0.1, 0.15) is 0 Å². The molecular weight excluding hydrogens is 814 g/mol. The molecule has 322 valence electrons.